The number of aromatic nitrogens is 2. The molecule has 0 aromatic carbocycles. The van der Waals surface area contributed by atoms with Gasteiger partial charge in [0, 0.05) is 25.2 Å². The Kier molecular flexibility index (Phi) is 2.59. The van der Waals surface area contributed by atoms with Crippen molar-refractivity contribution < 1.29 is 0 Å². The van der Waals surface area contributed by atoms with Gasteiger partial charge in [-0.2, -0.15) is 0 Å². The molecule has 0 spiro atoms. The average Bonchev–Trinajstić information content (AvgIpc) is 2.66. The number of hydrogen-bond acceptors (Lipinski definition) is 2. The predicted molar refractivity (Wildman–Crippen MR) is 57.0 cm³/mol. The summed E-state index contributed by atoms with van der Waals surface area (Å²) in [5.41, 5.74) is 7.31. The normalized spacial score (nSPS) is 21.0. The first-order chi connectivity index (χ1) is 6.77. The van der Waals surface area contributed by atoms with Gasteiger partial charge in [-0.1, -0.05) is 19.3 Å². The number of hydrogen-bond donors (Lipinski definition) is 1. The minimum atomic E-state index is 0.180. The number of imidazole rings is 1. The van der Waals surface area contributed by atoms with Gasteiger partial charge < -0.3 is 10.3 Å². The molecule has 1 aromatic rings. The Bertz CT molecular complexity index is 297. The van der Waals surface area contributed by atoms with Gasteiger partial charge in [-0.05, 0) is 12.8 Å². The first-order valence-corrected chi connectivity index (χ1v) is 5.45. The molecule has 14 heavy (non-hydrogen) atoms. The molecule has 3 heteroatoms. The molecule has 1 aliphatic rings. The molecule has 1 fully saturated rings. The van der Waals surface area contributed by atoms with Crippen LogP contribution in [0, 0.1) is 0 Å². The zero-order chi connectivity index (χ0) is 10.0. The first kappa shape index (κ1) is 9.71. The minimum absolute atomic E-state index is 0.180. The van der Waals surface area contributed by atoms with Crippen molar-refractivity contribution in [3.05, 3.63) is 18.2 Å². The Morgan fingerprint density at radius 3 is 2.64 bits per heavy atom. The molecule has 0 amide bonds. The molecular weight excluding hydrogens is 174 g/mol. The highest BCUT2D eigenvalue weighted by Gasteiger charge is 2.34. The molecule has 1 aliphatic carbocycles. The van der Waals surface area contributed by atoms with Gasteiger partial charge in [0.25, 0.3) is 0 Å². The van der Waals surface area contributed by atoms with Gasteiger partial charge in [0.1, 0.15) is 0 Å². The molecule has 1 saturated carbocycles. The van der Waals surface area contributed by atoms with E-state index in [0.29, 0.717) is 0 Å². The molecule has 0 aliphatic heterocycles. The smallest absolute Gasteiger partial charge is 0.0947 e. The third kappa shape index (κ3) is 1.57. The van der Waals surface area contributed by atoms with Gasteiger partial charge in [-0.3, -0.25) is 0 Å². The maximum Gasteiger partial charge on any atom is 0.0947 e. The Labute approximate surface area is 85.3 Å². The van der Waals surface area contributed by atoms with Crippen LogP contribution in [0.15, 0.2) is 12.5 Å². The lowest BCUT2D eigenvalue weighted by Gasteiger charge is -2.34. The zero-order valence-corrected chi connectivity index (χ0v) is 8.87. The van der Waals surface area contributed by atoms with Crippen molar-refractivity contribution in [2.75, 3.05) is 6.54 Å². The zero-order valence-electron chi connectivity index (χ0n) is 8.87. The number of nitrogens with zero attached hydrogens (tertiary/aromatic N) is 2. The number of rotatable bonds is 2. The summed E-state index contributed by atoms with van der Waals surface area (Å²) in [6.07, 6.45) is 10.4. The van der Waals surface area contributed by atoms with Crippen molar-refractivity contribution in [1.82, 2.24) is 9.55 Å². The topological polar surface area (TPSA) is 43.8 Å². The molecule has 1 heterocycles. The first-order valence-electron chi connectivity index (χ1n) is 5.45. The average molecular weight is 193 g/mol. The standard InChI is InChI=1S/C11H19N3/c1-14-7-10(13-9-14)11(8-12)5-3-2-4-6-11/h7,9H,2-6,8,12H2,1H3. The highest BCUT2D eigenvalue weighted by molar-refractivity contribution is 5.16. The van der Waals surface area contributed by atoms with E-state index < -0.39 is 0 Å². The monoisotopic (exact) mass is 193 g/mol. The van der Waals surface area contributed by atoms with Gasteiger partial charge in [0.2, 0.25) is 0 Å². The summed E-state index contributed by atoms with van der Waals surface area (Å²) in [6, 6.07) is 0. The van der Waals surface area contributed by atoms with Gasteiger partial charge in [-0.25, -0.2) is 4.98 Å². The van der Waals surface area contributed by atoms with Gasteiger partial charge in [-0.15, -0.1) is 0 Å². The van der Waals surface area contributed by atoms with E-state index in [4.69, 9.17) is 5.73 Å². The molecule has 0 radical (unpaired) electrons. The molecular formula is C11H19N3. The van der Waals surface area contributed by atoms with Crippen LogP contribution in [-0.4, -0.2) is 16.1 Å². The van der Waals surface area contributed by atoms with Crippen LogP contribution in [-0.2, 0) is 12.5 Å². The number of aryl methyl sites for hydroxylation is 1. The second kappa shape index (κ2) is 3.73. The van der Waals surface area contributed by atoms with Gasteiger partial charge >= 0.3 is 0 Å². The second-order valence-corrected chi connectivity index (χ2v) is 4.47. The summed E-state index contributed by atoms with van der Waals surface area (Å²) in [7, 11) is 2.02. The highest BCUT2D eigenvalue weighted by Crippen LogP contribution is 2.37. The summed E-state index contributed by atoms with van der Waals surface area (Å²) in [5, 5.41) is 0. The molecule has 3 nitrogen and oxygen atoms in total. The maximum absolute atomic E-state index is 5.93. The van der Waals surface area contributed by atoms with E-state index in [1.807, 2.05) is 17.9 Å². The third-order valence-corrected chi connectivity index (χ3v) is 3.45. The van der Waals surface area contributed by atoms with E-state index in [-0.39, 0.29) is 5.41 Å². The molecule has 1 aromatic heterocycles. The molecule has 78 valence electrons. The van der Waals surface area contributed by atoms with Crippen molar-refractivity contribution in [2.45, 2.75) is 37.5 Å². The Morgan fingerprint density at radius 1 is 1.43 bits per heavy atom. The fraction of sp³-hybridized carbons (Fsp3) is 0.727. The second-order valence-electron chi connectivity index (χ2n) is 4.47. The summed E-state index contributed by atoms with van der Waals surface area (Å²) in [5.74, 6) is 0. The van der Waals surface area contributed by atoms with Crippen molar-refractivity contribution in [3.63, 3.8) is 0 Å². The van der Waals surface area contributed by atoms with Gasteiger partial charge in [0.15, 0.2) is 0 Å². The van der Waals surface area contributed by atoms with Crippen LogP contribution in [0.5, 0.6) is 0 Å². The lowest BCUT2D eigenvalue weighted by Crippen LogP contribution is -2.37. The fourth-order valence-electron chi connectivity index (χ4n) is 2.48. The molecule has 2 N–H and O–H groups in total. The summed E-state index contributed by atoms with van der Waals surface area (Å²) in [6.45, 7) is 0.740. The van der Waals surface area contributed by atoms with Crippen LogP contribution in [0.4, 0.5) is 0 Å². The Hall–Kier alpha value is -0.830. The van der Waals surface area contributed by atoms with E-state index in [9.17, 15) is 0 Å². The van der Waals surface area contributed by atoms with Crippen molar-refractivity contribution in [2.24, 2.45) is 12.8 Å². The van der Waals surface area contributed by atoms with E-state index in [0.717, 1.165) is 6.54 Å². The molecule has 0 bridgehead atoms. The van der Waals surface area contributed by atoms with Crippen LogP contribution in [0.25, 0.3) is 0 Å². The third-order valence-electron chi connectivity index (χ3n) is 3.45. The molecule has 0 atom stereocenters. The van der Waals surface area contributed by atoms with Crippen molar-refractivity contribution in [3.8, 4) is 0 Å². The van der Waals surface area contributed by atoms with Crippen LogP contribution in [0.3, 0.4) is 0 Å². The van der Waals surface area contributed by atoms with E-state index in [1.165, 1.54) is 37.8 Å². The predicted octanol–water partition coefficient (Wildman–Crippen LogP) is 1.58. The fourth-order valence-corrected chi connectivity index (χ4v) is 2.48. The highest BCUT2D eigenvalue weighted by atomic mass is 15.0. The SMILES string of the molecule is Cn1cnc(C2(CN)CCCCC2)c1. The molecule has 2 rings (SSSR count). The van der Waals surface area contributed by atoms with Gasteiger partial charge in [0.05, 0.1) is 12.0 Å². The Balaban J connectivity index is 2.26. The molecule has 0 saturated heterocycles. The van der Waals surface area contributed by atoms with Crippen LogP contribution in [0.1, 0.15) is 37.8 Å². The van der Waals surface area contributed by atoms with Crippen molar-refractivity contribution >= 4 is 0 Å². The summed E-state index contributed by atoms with van der Waals surface area (Å²) >= 11 is 0. The van der Waals surface area contributed by atoms with E-state index in [1.54, 1.807) is 0 Å². The van der Waals surface area contributed by atoms with E-state index in [2.05, 4.69) is 11.2 Å². The minimum Gasteiger partial charge on any atom is -0.340 e. The lowest BCUT2D eigenvalue weighted by atomic mass is 9.72. The van der Waals surface area contributed by atoms with E-state index >= 15 is 0 Å². The Morgan fingerprint density at radius 2 is 2.14 bits per heavy atom. The largest absolute Gasteiger partial charge is 0.340 e. The van der Waals surface area contributed by atoms with Crippen LogP contribution < -0.4 is 5.73 Å². The quantitative estimate of drug-likeness (QED) is 0.775. The number of nitrogens with two attached hydrogens (primary N) is 1. The van der Waals surface area contributed by atoms with Crippen LogP contribution in [0.2, 0.25) is 0 Å². The maximum atomic E-state index is 5.93. The molecule has 0 unspecified atom stereocenters. The van der Waals surface area contributed by atoms with Crippen molar-refractivity contribution in [1.29, 1.82) is 0 Å². The summed E-state index contributed by atoms with van der Waals surface area (Å²) < 4.78 is 2.02. The summed E-state index contributed by atoms with van der Waals surface area (Å²) in [4.78, 5) is 4.47. The van der Waals surface area contributed by atoms with Crippen LogP contribution >= 0.6 is 0 Å². The lowest BCUT2D eigenvalue weighted by molar-refractivity contribution is 0.294.